The van der Waals surface area contributed by atoms with Crippen LogP contribution >= 0.6 is 0 Å². The summed E-state index contributed by atoms with van der Waals surface area (Å²) >= 11 is 0. The van der Waals surface area contributed by atoms with E-state index in [-0.39, 0.29) is 18.4 Å². The summed E-state index contributed by atoms with van der Waals surface area (Å²) in [5.41, 5.74) is 1.71. The molecule has 1 unspecified atom stereocenters. The van der Waals surface area contributed by atoms with Crippen molar-refractivity contribution in [2.75, 3.05) is 21.3 Å². The van der Waals surface area contributed by atoms with E-state index in [4.69, 9.17) is 14.2 Å². The Morgan fingerprint density at radius 3 is 2.24 bits per heavy atom. The van der Waals surface area contributed by atoms with E-state index in [2.05, 4.69) is 10.3 Å². The topological polar surface area (TPSA) is 74.6 Å². The Hall–Kier alpha value is -3.48. The van der Waals surface area contributed by atoms with Crippen LogP contribution in [0.5, 0.6) is 17.2 Å². The number of aryl methyl sites for hydroxylation is 1. The average Bonchev–Trinajstić information content (AvgIpc) is 3.17. The lowest BCUT2D eigenvalue weighted by atomic mass is 10.0. The zero-order valence-electron chi connectivity index (χ0n) is 17.0. The second-order valence-electron chi connectivity index (χ2n) is 6.52. The standard InChI is InChI=1S/C22H25N3O4/c1-25-11-10-23-22(25)20(16-8-6-5-7-9-16)24-19(26)14-15-12-17(27-2)21(29-4)18(13-15)28-3/h5-13,20H,14H2,1-4H3,(H,24,26). The van der Waals surface area contributed by atoms with Crippen molar-refractivity contribution < 1.29 is 19.0 Å². The quantitative estimate of drug-likeness (QED) is 0.635. The minimum Gasteiger partial charge on any atom is -0.493 e. The first-order valence-electron chi connectivity index (χ1n) is 9.17. The van der Waals surface area contributed by atoms with Gasteiger partial charge in [-0.15, -0.1) is 0 Å². The average molecular weight is 395 g/mol. The highest BCUT2D eigenvalue weighted by atomic mass is 16.5. The Labute approximate surface area is 170 Å². The lowest BCUT2D eigenvalue weighted by Gasteiger charge is -2.20. The second-order valence-corrected chi connectivity index (χ2v) is 6.52. The van der Waals surface area contributed by atoms with Crippen molar-refractivity contribution in [2.45, 2.75) is 12.5 Å². The Morgan fingerprint density at radius 2 is 1.72 bits per heavy atom. The molecule has 1 heterocycles. The van der Waals surface area contributed by atoms with Crippen LogP contribution in [0.3, 0.4) is 0 Å². The Bertz CT molecular complexity index is 944. The van der Waals surface area contributed by atoms with Gasteiger partial charge in [-0.1, -0.05) is 30.3 Å². The first-order chi connectivity index (χ1) is 14.1. The predicted molar refractivity (Wildman–Crippen MR) is 109 cm³/mol. The van der Waals surface area contributed by atoms with Crippen LogP contribution in [0.25, 0.3) is 0 Å². The fourth-order valence-corrected chi connectivity index (χ4v) is 3.23. The van der Waals surface area contributed by atoms with E-state index in [0.717, 1.165) is 17.0 Å². The lowest BCUT2D eigenvalue weighted by Crippen LogP contribution is -2.32. The molecule has 3 rings (SSSR count). The summed E-state index contributed by atoms with van der Waals surface area (Å²) in [6.45, 7) is 0. The highest BCUT2D eigenvalue weighted by Crippen LogP contribution is 2.38. The summed E-state index contributed by atoms with van der Waals surface area (Å²) in [6, 6.07) is 13.0. The van der Waals surface area contributed by atoms with Crippen molar-refractivity contribution in [2.24, 2.45) is 7.05 Å². The van der Waals surface area contributed by atoms with Gasteiger partial charge >= 0.3 is 0 Å². The Balaban J connectivity index is 1.85. The molecule has 0 spiro atoms. The maximum atomic E-state index is 12.9. The number of nitrogens with zero attached hydrogens (tertiary/aromatic N) is 2. The van der Waals surface area contributed by atoms with Crippen LogP contribution in [0.15, 0.2) is 54.9 Å². The van der Waals surface area contributed by atoms with Crippen LogP contribution in [0.1, 0.15) is 23.0 Å². The summed E-state index contributed by atoms with van der Waals surface area (Å²) in [4.78, 5) is 17.3. The molecule has 0 aliphatic heterocycles. The zero-order valence-corrected chi connectivity index (χ0v) is 17.0. The number of rotatable bonds is 8. The first kappa shape index (κ1) is 20.3. The minimum absolute atomic E-state index is 0.142. The van der Waals surface area contributed by atoms with Gasteiger partial charge in [0.2, 0.25) is 11.7 Å². The molecule has 1 aromatic heterocycles. The van der Waals surface area contributed by atoms with Gasteiger partial charge in [-0.2, -0.15) is 0 Å². The van der Waals surface area contributed by atoms with E-state index in [1.165, 1.54) is 0 Å². The van der Waals surface area contributed by atoms with Gasteiger partial charge in [-0.3, -0.25) is 4.79 Å². The summed E-state index contributed by atoms with van der Waals surface area (Å²) in [7, 11) is 6.55. The molecule has 0 bridgehead atoms. The van der Waals surface area contributed by atoms with E-state index in [9.17, 15) is 4.79 Å². The fraction of sp³-hybridized carbons (Fsp3) is 0.273. The normalized spacial score (nSPS) is 11.6. The predicted octanol–water partition coefficient (Wildman–Crippen LogP) is 2.89. The third-order valence-electron chi connectivity index (χ3n) is 4.64. The second kappa shape index (κ2) is 9.14. The maximum Gasteiger partial charge on any atom is 0.225 e. The molecular formula is C22H25N3O4. The van der Waals surface area contributed by atoms with Crippen molar-refractivity contribution in [1.82, 2.24) is 14.9 Å². The van der Waals surface area contributed by atoms with Crippen LogP contribution in [-0.2, 0) is 18.3 Å². The minimum atomic E-state index is -0.356. The van der Waals surface area contributed by atoms with Crippen molar-refractivity contribution in [3.63, 3.8) is 0 Å². The van der Waals surface area contributed by atoms with E-state index in [0.29, 0.717) is 17.2 Å². The Kier molecular flexibility index (Phi) is 6.39. The van der Waals surface area contributed by atoms with E-state index >= 15 is 0 Å². The van der Waals surface area contributed by atoms with Crippen molar-refractivity contribution in [1.29, 1.82) is 0 Å². The third-order valence-corrected chi connectivity index (χ3v) is 4.64. The molecular weight excluding hydrogens is 370 g/mol. The fourth-order valence-electron chi connectivity index (χ4n) is 3.23. The molecule has 7 heteroatoms. The number of methoxy groups -OCH3 is 3. The SMILES string of the molecule is COc1cc(CC(=O)NC(c2ccccc2)c2nccn2C)cc(OC)c1OC. The molecule has 29 heavy (non-hydrogen) atoms. The number of nitrogens with one attached hydrogen (secondary N) is 1. The maximum absolute atomic E-state index is 12.9. The van der Waals surface area contributed by atoms with Gasteiger partial charge in [-0.05, 0) is 23.3 Å². The summed E-state index contributed by atoms with van der Waals surface area (Å²) in [6.07, 6.45) is 3.73. The molecule has 0 saturated heterocycles. The highest BCUT2D eigenvalue weighted by Gasteiger charge is 2.21. The molecule has 1 amide bonds. The molecule has 7 nitrogen and oxygen atoms in total. The smallest absolute Gasteiger partial charge is 0.225 e. The molecule has 2 aromatic carbocycles. The number of amides is 1. The lowest BCUT2D eigenvalue weighted by molar-refractivity contribution is -0.121. The van der Waals surface area contributed by atoms with Crippen molar-refractivity contribution in [3.05, 3.63) is 71.8 Å². The monoisotopic (exact) mass is 395 g/mol. The van der Waals surface area contributed by atoms with Crippen LogP contribution in [0, 0.1) is 0 Å². The van der Waals surface area contributed by atoms with Gasteiger partial charge in [-0.25, -0.2) is 4.98 Å². The van der Waals surface area contributed by atoms with E-state index < -0.39 is 0 Å². The third kappa shape index (κ3) is 4.51. The molecule has 0 aliphatic rings. The number of carbonyl (C=O) groups is 1. The molecule has 0 radical (unpaired) electrons. The van der Waals surface area contributed by atoms with E-state index in [1.54, 1.807) is 39.7 Å². The number of ether oxygens (including phenoxy) is 3. The number of hydrogen-bond acceptors (Lipinski definition) is 5. The molecule has 0 aliphatic carbocycles. The van der Waals surface area contributed by atoms with E-state index in [1.807, 2.05) is 48.1 Å². The summed E-state index contributed by atoms with van der Waals surface area (Å²) in [5, 5.41) is 3.09. The molecule has 3 aromatic rings. The molecule has 1 atom stereocenters. The van der Waals surface area contributed by atoms with Gasteiger partial charge in [0, 0.05) is 19.4 Å². The van der Waals surface area contributed by atoms with Gasteiger partial charge in [0.25, 0.3) is 0 Å². The van der Waals surface area contributed by atoms with Gasteiger partial charge in [0.05, 0.1) is 27.8 Å². The van der Waals surface area contributed by atoms with Crippen molar-refractivity contribution >= 4 is 5.91 Å². The number of hydrogen-bond donors (Lipinski definition) is 1. The summed E-state index contributed by atoms with van der Waals surface area (Å²) in [5.74, 6) is 2.14. The molecule has 152 valence electrons. The van der Waals surface area contributed by atoms with Gasteiger partial charge < -0.3 is 24.1 Å². The zero-order chi connectivity index (χ0) is 20.8. The summed E-state index contributed by atoms with van der Waals surface area (Å²) < 4.78 is 18.0. The molecule has 0 saturated carbocycles. The highest BCUT2D eigenvalue weighted by molar-refractivity contribution is 5.80. The number of benzene rings is 2. The van der Waals surface area contributed by atoms with Crippen LogP contribution in [0.4, 0.5) is 0 Å². The van der Waals surface area contributed by atoms with Crippen LogP contribution in [0.2, 0.25) is 0 Å². The van der Waals surface area contributed by atoms with Gasteiger partial charge in [0.15, 0.2) is 11.5 Å². The van der Waals surface area contributed by atoms with Crippen LogP contribution < -0.4 is 19.5 Å². The number of imidazole rings is 1. The molecule has 1 N–H and O–H groups in total. The number of aromatic nitrogens is 2. The number of carbonyl (C=O) groups excluding carboxylic acids is 1. The van der Waals surface area contributed by atoms with Crippen molar-refractivity contribution in [3.8, 4) is 17.2 Å². The van der Waals surface area contributed by atoms with Crippen LogP contribution in [-0.4, -0.2) is 36.8 Å². The molecule has 0 fully saturated rings. The first-order valence-corrected chi connectivity index (χ1v) is 9.17. The Morgan fingerprint density at radius 1 is 1.07 bits per heavy atom. The largest absolute Gasteiger partial charge is 0.493 e. The van der Waals surface area contributed by atoms with Gasteiger partial charge in [0.1, 0.15) is 11.9 Å².